The Hall–Kier alpha value is -1.44. The lowest BCUT2D eigenvalue weighted by molar-refractivity contribution is 0.837. The topological polar surface area (TPSA) is 4.93 Å². The Bertz CT molecular complexity index is 641. The fourth-order valence-corrected chi connectivity index (χ4v) is 2.19. The summed E-state index contributed by atoms with van der Waals surface area (Å²) in [5.74, 6) is 0. The molecule has 0 saturated heterocycles. The molecule has 1 heterocycles. The lowest BCUT2D eigenvalue weighted by Crippen LogP contribution is -1.97. The highest BCUT2D eigenvalue weighted by Gasteiger charge is 2.00. The van der Waals surface area contributed by atoms with Crippen molar-refractivity contribution >= 4 is 34.9 Å². The molecule has 2 aromatic carbocycles. The van der Waals surface area contributed by atoms with E-state index in [2.05, 4.69) is 53.2 Å². The molecule has 0 bridgehead atoms. The van der Waals surface area contributed by atoms with Crippen LogP contribution >= 0.6 is 24.0 Å². The van der Waals surface area contributed by atoms with Crippen LogP contribution in [0.4, 0.5) is 0 Å². The van der Waals surface area contributed by atoms with Gasteiger partial charge in [-0.15, -0.1) is 12.4 Å². The van der Waals surface area contributed by atoms with Crippen LogP contribution in [0.25, 0.3) is 10.9 Å². The Labute approximate surface area is 117 Å². The second-order valence-corrected chi connectivity index (χ2v) is 4.57. The molecule has 1 aromatic heterocycles. The third kappa shape index (κ3) is 2.53. The normalized spacial score (nSPS) is 10.3. The predicted octanol–water partition coefficient (Wildman–Crippen LogP) is 4.76. The average Bonchev–Trinajstić information content (AvgIpc) is 2.76. The zero-order valence-electron chi connectivity index (χ0n) is 9.71. The molecule has 92 valence electrons. The smallest absolute Gasteiger partial charge is 0.0483 e. The van der Waals surface area contributed by atoms with Gasteiger partial charge in [-0.2, -0.15) is 0 Å². The number of benzene rings is 2. The van der Waals surface area contributed by atoms with Gasteiger partial charge in [0.2, 0.25) is 0 Å². The van der Waals surface area contributed by atoms with Crippen molar-refractivity contribution in [3.63, 3.8) is 0 Å². The molecule has 0 fully saturated rings. The highest BCUT2D eigenvalue weighted by Crippen LogP contribution is 2.17. The van der Waals surface area contributed by atoms with E-state index in [4.69, 9.17) is 11.6 Å². The number of hydrogen-bond donors (Lipinski definition) is 0. The Morgan fingerprint density at radius 1 is 0.889 bits per heavy atom. The molecule has 0 aliphatic rings. The summed E-state index contributed by atoms with van der Waals surface area (Å²) in [6, 6.07) is 18.6. The maximum atomic E-state index is 5.88. The van der Waals surface area contributed by atoms with Gasteiger partial charge in [-0.1, -0.05) is 41.9 Å². The fraction of sp³-hybridized carbons (Fsp3) is 0.0667. The van der Waals surface area contributed by atoms with E-state index in [9.17, 15) is 0 Å². The molecule has 0 saturated carbocycles. The molecule has 0 spiro atoms. The van der Waals surface area contributed by atoms with Crippen molar-refractivity contribution in [2.45, 2.75) is 6.54 Å². The summed E-state index contributed by atoms with van der Waals surface area (Å²) in [5, 5.41) is 2.06. The first-order chi connectivity index (χ1) is 8.33. The highest BCUT2D eigenvalue weighted by molar-refractivity contribution is 6.30. The van der Waals surface area contributed by atoms with Gasteiger partial charge in [-0.25, -0.2) is 0 Å². The van der Waals surface area contributed by atoms with Gasteiger partial charge >= 0.3 is 0 Å². The van der Waals surface area contributed by atoms with Crippen LogP contribution < -0.4 is 0 Å². The van der Waals surface area contributed by atoms with Crippen LogP contribution in [0.2, 0.25) is 5.02 Å². The number of halogens is 2. The summed E-state index contributed by atoms with van der Waals surface area (Å²) in [7, 11) is 0. The summed E-state index contributed by atoms with van der Waals surface area (Å²) in [6.07, 6.45) is 2.12. The molecular weight excluding hydrogens is 265 g/mol. The molecule has 0 aliphatic heterocycles. The summed E-state index contributed by atoms with van der Waals surface area (Å²) in [6.45, 7) is 0.880. The zero-order chi connectivity index (χ0) is 11.7. The van der Waals surface area contributed by atoms with Gasteiger partial charge in [-0.3, -0.25) is 0 Å². The summed E-state index contributed by atoms with van der Waals surface area (Å²) < 4.78 is 2.25. The predicted molar refractivity (Wildman–Crippen MR) is 79.7 cm³/mol. The van der Waals surface area contributed by atoms with E-state index < -0.39 is 0 Å². The molecular formula is C15H13Cl2N. The third-order valence-corrected chi connectivity index (χ3v) is 3.20. The van der Waals surface area contributed by atoms with Crippen LogP contribution in [0, 0.1) is 0 Å². The minimum Gasteiger partial charge on any atom is -0.343 e. The number of hydrogen-bond acceptors (Lipinski definition) is 0. The highest BCUT2D eigenvalue weighted by atomic mass is 35.5. The minimum atomic E-state index is 0. The van der Waals surface area contributed by atoms with E-state index >= 15 is 0 Å². The Morgan fingerprint density at radius 3 is 2.39 bits per heavy atom. The Kier molecular flexibility index (Phi) is 3.95. The van der Waals surface area contributed by atoms with E-state index in [-0.39, 0.29) is 12.4 Å². The molecule has 0 N–H and O–H groups in total. The van der Waals surface area contributed by atoms with Gasteiger partial charge in [0.25, 0.3) is 0 Å². The summed E-state index contributed by atoms with van der Waals surface area (Å²) in [5.41, 5.74) is 2.53. The Balaban J connectivity index is 0.00000120. The van der Waals surface area contributed by atoms with Crippen molar-refractivity contribution in [3.8, 4) is 0 Å². The monoisotopic (exact) mass is 277 g/mol. The van der Waals surface area contributed by atoms with Crippen molar-refractivity contribution in [3.05, 3.63) is 71.4 Å². The molecule has 0 atom stereocenters. The van der Waals surface area contributed by atoms with Crippen molar-refractivity contribution in [1.29, 1.82) is 0 Å². The lowest BCUT2D eigenvalue weighted by atomic mass is 10.2. The van der Waals surface area contributed by atoms with Crippen molar-refractivity contribution in [1.82, 2.24) is 4.57 Å². The summed E-state index contributed by atoms with van der Waals surface area (Å²) in [4.78, 5) is 0. The van der Waals surface area contributed by atoms with Gasteiger partial charge in [-0.05, 0) is 35.2 Å². The Morgan fingerprint density at radius 2 is 1.61 bits per heavy atom. The number of rotatable bonds is 2. The van der Waals surface area contributed by atoms with Gasteiger partial charge in [0.15, 0.2) is 0 Å². The van der Waals surface area contributed by atoms with E-state index in [1.54, 1.807) is 0 Å². The first kappa shape index (κ1) is 13.0. The van der Waals surface area contributed by atoms with Crippen molar-refractivity contribution in [2.75, 3.05) is 0 Å². The van der Waals surface area contributed by atoms with Crippen LogP contribution in [0.1, 0.15) is 5.56 Å². The minimum absolute atomic E-state index is 0. The standard InChI is InChI=1S/C15H12ClN.ClH/c16-14-7-5-12(6-8-14)11-17-10-9-13-3-1-2-4-15(13)17;/h1-10H,11H2;1H. The number of fused-ring (bicyclic) bond motifs is 1. The molecule has 0 aliphatic carbocycles. The van der Waals surface area contributed by atoms with E-state index in [0.29, 0.717) is 0 Å². The van der Waals surface area contributed by atoms with E-state index in [1.165, 1.54) is 16.5 Å². The number of para-hydroxylation sites is 1. The molecule has 3 heteroatoms. The molecule has 1 nitrogen and oxygen atoms in total. The van der Waals surface area contributed by atoms with Gasteiger partial charge in [0.05, 0.1) is 0 Å². The van der Waals surface area contributed by atoms with Crippen LogP contribution in [0.5, 0.6) is 0 Å². The first-order valence-corrected chi connectivity index (χ1v) is 5.99. The average molecular weight is 278 g/mol. The molecule has 0 amide bonds. The first-order valence-electron chi connectivity index (χ1n) is 5.61. The lowest BCUT2D eigenvalue weighted by Gasteiger charge is -2.05. The molecule has 0 unspecified atom stereocenters. The van der Waals surface area contributed by atoms with Crippen molar-refractivity contribution in [2.24, 2.45) is 0 Å². The van der Waals surface area contributed by atoms with Crippen LogP contribution in [-0.2, 0) is 6.54 Å². The van der Waals surface area contributed by atoms with Crippen LogP contribution in [0.3, 0.4) is 0 Å². The van der Waals surface area contributed by atoms with Gasteiger partial charge in [0, 0.05) is 23.3 Å². The number of aromatic nitrogens is 1. The SMILES string of the molecule is Cl.Clc1ccc(Cn2ccc3ccccc32)cc1. The molecule has 18 heavy (non-hydrogen) atoms. The van der Waals surface area contributed by atoms with Crippen LogP contribution in [0.15, 0.2) is 60.8 Å². The van der Waals surface area contributed by atoms with Crippen LogP contribution in [-0.4, -0.2) is 4.57 Å². The van der Waals surface area contributed by atoms with Gasteiger partial charge < -0.3 is 4.57 Å². The van der Waals surface area contributed by atoms with E-state index in [1.807, 2.05) is 12.1 Å². The maximum absolute atomic E-state index is 5.88. The number of nitrogens with zero attached hydrogens (tertiary/aromatic N) is 1. The van der Waals surface area contributed by atoms with Gasteiger partial charge in [0.1, 0.15) is 0 Å². The van der Waals surface area contributed by atoms with Crippen molar-refractivity contribution < 1.29 is 0 Å². The largest absolute Gasteiger partial charge is 0.343 e. The third-order valence-electron chi connectivity index (χ3n) is 2.95. The fourth-order valence-electron chi connectivity index (χ4n) is 2.06. The molecule has 3 aromatic rings. The van der Waals surface area contributed by atoms with E-state index in [0.717, 1.165) is 11.6 Å². The quantitative estimate of drug-likeness (QED) is 0.636. The summed E-state index contributed by atoms with van der Waals surface area (Å²) >= 11 is 5.88. The molecule has 3 rings (SSSR count). The second-order valence-electron chi connectivity index (χ2n) is 4.13. The second kappa shape index (κ2) is 5.47. The maximum Gasteiger partial charge on any atom is 0.0483 e. The molecule has 0 radical (unpaired) electrons. The zero-order valence-corrected chi connectivity index (χ0v) is 11.3.